The summed E-state index contributed by atoms with van der Waals surface area (Å²) in [5, 5.41) is 0. The first kappa shape index (κ1) is 15.4. The number of nitrogens with zero attached hydrogens (tertiary/aromatic N) is 1. The van der Waals surface area contributed by atoms with Crippen molar-refractivity contribution in [2.75, 3.05) is 6.54 Å². The number of hydrogen-bond donors (Lipinski definition) is 0. The summed E-state index contributed by atoms with van der Waals surface area (Å²) in [6, 6.07) is 6.56. The van der Waals surface area contributed by atoms with Crippen LogP contribution in [-0.4, -0.2) is 31.1 Å². The van der Waals surface area contributed by atoms with Crippen molar-refractivity contribution >= 4 is 15.8 Å². The summed E-state index contributed by atoms with van der Waals surface area (Å²) in [7, 11) is -3.60. The van der Waals surface area contributed by atoms with Gasteiger partial charge >= 0.3 is 0 Å². The van der Waals surface area contributed by atoms with Crippen molar-refractivity contribution in [3.8, 4) is 0 Å². The standard InChI is InChI=1S/C17H21NO3S/c1-12-7-9-14(10-8-12)22(20,21)18-11-13(2)17(3)15(18)5-4-6-16(17)19/h7-10,15H,2,4-6,11H2,1,3H3. The molecule has 3 rings (SSSR count). The number of hydrogen-bond acceptors (Lipinski definition) is 3. The molecular weight excluding hydrogens is 298 g/mol. The molecule has 0 N–H and O–H groups in total. The maximum atomic E-state index is 13.0. The van der Waals surface area contributed by atoms with Crippen LogP contribution < -0.4 is 0 Å². The molecule has 0 spiro atoms. The predicted molar refractivity (Wildman–Crippen MR) is 85.0 cm³/mol. The quantitative estimate of drug-likeness (QED) is 0.788. The number of rotatable bonds is 2. The normalized spacial score (nSPS) is 29.6. The first-order chi connectivity index (χ1) is 10.3. The van der Waals surface area contributed by atoms with Crippen LogP contribution >= 0.6 is 0 Å². The minimum atomic E-state index is -3.60. The molecule has 22 heavy (non-hydrogen) atoms. The second-order valence-corrected chi connectivity index (χ2v) is 8.39. The van der Waals surface area contributed by atoms with Crippen LogP contribution in [-0.2, 0) is 14.8 Å². The average molecular weight is 319 g/mol. The summed E-state index contributed by atoms with van der Waals surface area (Å²) in [4.78, 5) is 12.7. The van der Waals surface area contributed by atoms with Crippen molar-refractivity contribution in [1.82, 2.24) is 4.31 Å². The highest BCUT2D eigenvalue weighted by atomic mass is 32.2. The SMILES string of the molecule is C=C1CN(S(=O)(=O)c2ccc(C)cc2)C2CCCC(=O)C12C. The van der Waals surface area contributed by atoms with Crippen molar-refractivity contribution < 1.29 is 13.2 Å². The van der Waals surface area contributed by atoms with E-state index in [9.17, 15) is 13.2 Å². The van der Waals surface area contributed by atoms with Crippen LogP contribution in [0.15, 0.2) is 41.3 Å². The Balaban J connectivity index is 2.03. The fourth-order valence-corrected chi connectivity index (χ4v) is 5.34. The number of Topliss-reactive ketones (excluding diaryl/α,β-unsaturated/α-hetero) is 1. The van der Waals surface area contributed by atoms with Gasteiger partial charge in [-0.05, 0) is 44.4 Å². The number of aryl methyl sites for hydroxylation is 1. The van der Waals surface area contributed by atoms with Gasteiger partial charge in [0.1, 0.15) is 5.78 Å². The third-order valence-electron chi connectivity index (χ3n) is 5.18. The topological polar surface area (TPSA) is 54.5 Å². The Morgan fingerprint density at radius 3 is 2.55 bits per heavy atom. The Morgan fingerprint density at radius 1 is 1.27 bits per heavy atom. The number of ketones is 1. The molecule has 118 valence electrons. The molecular formula is C17H21NO3S. The molecule has 2 unspecified atom stereocenters. The summed E-state index contributed by atoms with van der Waals surface area (Å²) in [5.74, 6) is 0.121. The van der Waals surface area contributed by atoms with Crippen LogP contribution in [0.2, 0.25) is 0 Å². The Bertz CT molecular complexity index is 736. The van der Waals surface area contributed by atoms with Gasteiger partial charge in [-0.2, -0.15) is 4.31 Å². The summed E-state index contributed by atoms with van der Waals surface area (Å²) < 4.78 is 27.4. The van der Waals surface area contributed by atoms with Crippen LogP contribution in [0.4, 0.5) is 0 Å². The van der Waals surface area contributed by atoms with Crippen molar-refractivity contribution in [3.05, 3.63) is 42.0 Å². The van der Waals surface area contributed by atoms with Crippen LogP contribution in [0.25, 0.3) is 0 Å². The molecule has 1 aliphatic heterocycles. The second-order valence-electron chi connectivity index (χ2n) is 6.50. The molecule has 1 aromatic carbocycles. The zero-order valence-corrected chi connectivity index (χ0v) is 13.8. The first-order valence-corrected chi connectivity index (χ1v) is 9.02. The van der Waals surface area contributed by atoms with Gasteiger partial charge in [-0.3, -0.25) is 4.79 Å². The van der Waals surface area contributed by atoms with Gasteiger partial charge in [0.05, 0.1) is 10.3 Å². The average Bonchev–Trinajstić information content (AvgIpc) is 2.75. The van der Waals surface area contributed by atoms with Gasteiger partial charge in [-0.1, -0.05) is 24.3 Å². The predicted octanol–water partition coefficient (Wildman–Crippen LogP) is 2.68. The molecule has 0 radical (unpaired) electrons. The van der Waals surface area contributed by atoms with E-state index in [4.69, 9.17) is 0 Å². The maximum absolute atomic E-state index is 13.0. The smallest absolute Gasteiger partial charge is 0.243 e. The number of fused-ring (bicyclic) bond motifs is 1. The van der Waals surface area contributed by atoms with E-state index in [1.165, 1.54) is 4.31 Å². The van der Waals surface area contributed by atoms with Crippen molar-refractivity contribution in [1.29, 1.82) is 0 Å². The van der Waals surface area contributed by atoms with Crippen molar-refractivity contribution in [2.24, 2.45) is 5.41 Å². The van der Waals surface area contributed by atoms with E-state index in [0.29, 0.717) is 12.8 Å². The molecule has 0 amide bonds. The van der Waals surface area contributed by atoms with E-state index >= 15 is 0 Å². The fourth-order valence-electron chi connectivity index (χ4n) is 3.62. The molecule has 2 fully saturated rings. The van der Waals surface area contributed by atoms with E-state index < -0.39 is 15.4 Å². The third-order valence-corrected chi connectivity index (χ3v) is 7.05. The summed E-state index contributed by atoms with van der Waals surface area (Å²) in [5.41, 5.74) is 1.01. The summed E-state index contributed by atoms with van der Waals surface area (Å²) in [6.45, 7) is 8.02. The Kier molecular flexibility index (Phi) is 3.53. The van der Waals surface area contributed by atoms with Gasteiger partial charge in [0.2, 0.25) is 10.0 Å². The van der Waals surface area contributed by atoms with E-state index in [1.54, 1.807) is 24.3 Å². The monoisotopic (exact) mass is 319 g/mol. The van der Waals surface area contributed by atoms with E-state index in [1.807, 2.05) is 13.8 Å². The highest BCUT2D eigenvalue weighted by Crippen LogP contribution is 2.48. The van der Waals surface area contributed by atoms with Crippen LogP contribution in [0.1, 0.15) is 31.7 Å². The van der Waals surface area contributed by atoms with Gasteiger partial charge in [0, 0.05) is 19.0 Å². The lowest BCUT2D eigenvalue weighted by molar-refractivity contribution is -0.129. The lowest BCUT2D eigenvalue weighted by atomic mass is 9.69. The van der Waals surface area contributed by atoms with Gasteiger partial charge in [0.25, 0.3) is 0 Å². The minimum Gasteiger partial charge on any atom is -0.299 e. The summed E-state index contributed by atoms with van der Waals surface area (Å²) in [6.07, 6.45) is 1.98. The molecule has 1 aromatic rings. The van der Waals surface area contributed by atoms with Crippen LogP contribution in [0, 0.1) is 12.3 Å². The van der Waals surface area contributed by atoms with Gasteiger partial charge in [-0.25, -0.2) is 8.42 Å². The number of carbonyl (C=O) groups is 1. The maximum Gasteiger partial charge on any atom is 0.243 e. The highest BCUT2D eigenvalue weighted by molar-refractivity contribution is 7.89. The van der Waals surface area contributed by atoms with Crippen molar-refractivity contribution in [2.45, 2.75) is 44.0 Å². The molecule has 1 saturated heterocycles. The number of benzene rings is 1. The minimum absolute atomic E-state index is 0.121. The molecule has 4 nitrogen and oxygen atoms in total. The number of carbonyl (C=O) groups excluding carboxylic acids is 1. The lowest BCUT2D eigenvalue weighted by Crippen LogP contribution is -2.47. The molecule has 1 aliphatic carbocycles. The molecule has 5 heteroatoms. The van der Waals surface area contributed by atoms with Gasteiger partial charge in [0.15, 0.2) is 0 Å². The summed E-state index contributed by atoms with van der Waals surface area (Å²) >= 11 is 0. The Labute approximate surface area is 131 Å². The second kappa shape index (κ2) is 5.03. The lowest BCUT2D eigenvalue weighted by Gasteiger charge is -2.37. The molecule has 0 bridgehead atoms. The van der Waals surface area contributed by atoms with Gasteiger partial charge < -0.3 is 0 Å². The van der Waals surface area contributed by atoms with E-state index in [2.05, 4.69) is 6.58 Å². The first-order valence-electron chi connectivity index (χ1n) is 7.58. The zero-order valence-electron chi connectivity index (χ0n) is 13.0. The van der Waals surface area contributed by atoms with E-state index in [-0.39, 0.29) is 23.3 Å². The van der Waals surface area contributed by atoms with Crippen LogP contribution in [0.5, 0.6) is 0 Å². The molecule has 2 aliphatic rings. The third kappa shape index (κ3) is 2.07. The number of sulfonamides is 1. The zero-order chi connectivity index (χ0) is 16.1. The van der Waals surface area contributed by atoms with Crippen LogP contribution in [0.3, 0.4) is 0 Å². The fraction of sp³-hybridized carbons (Fsp3) is 0.471. The van der Waals surface area contributed by atoms with Crippen molar-refractivity contribution in [3.63, 3.8) is 0 Å². The highest BCUT2D eigenvalue weighted by Gasteiger charge is 2.56. The van der Waals surface area contributed by atoms with Gasteiger partial charge in [-0.15, -0.1) is 0 Å². The molecule has 0 aromatic heterocycles. The largest absolute Gasteiger partial charge is 0.299 e. The molecule has 2 atom stereocenters. The molecule has 1 heterocycles. The molecule has 1 saturated carbocycles. The Hall–Kier alpha value is -1.46. The van der Waals surface area contributed by atoms with E-state index in [0.717, 1.165) is 17.6 Å². The Morgan fingerprint density at radius 2 is 1.91 bits per heavy atom.